The van der Waals surface area contributed by atoms with E-state index < -0.39 is 5.97 Å². The molecule has 0 atom stereocenters. The van der Waals surface area contributed by atoms with Crippen LogP contribution in [0.25, 0.3) is 0 Å². The summed E-state index contributed by atoms with van der Waals surface area (Å²) in [7, 11) is 0. The largest absolute Gasteiger partial charge is 0.460 e. The Morgan fingerprint density at radius 3 is 2.30 bits per heavy atom. The predicted octanol–water partition coefficient (Wildman–Crippen LogP) is 3.09. The maximum atomic E-state index is 12.0. The second-order valence-corrected chi connectivity index (χ2v) is 5.63. The van der Waals surface area contributed by atoms with Crippen LogP contribution >= 0.6 is 0 Å². The van der Waals surface area contributed by atoms with Gasteiger partial charge in [-0.3, -0.25) is 9.59 Å². The first-order valence-corrected chi connectivity index (χ1v) is 7.52. The van der Waals surface area contributed by atoms with Crippen molar-refractivity contribution in [3.05, 3.63) is 70.3 Å². The molecule has 0 heterocycles. The number of carbonyl (C=O) groups is 2. The molecule has 4 heteroatoms. The van der Waals surface area contributed by atoms with Crippen molar-refractivity contribution in [3.8, 4) is 0 Å². The van der Waals surface area contributed by atoms with Gasteiger partial charge in [0.1, 0.15) is 13.2 Å². The van der Waals surface area contributed by atoms with Gasteiger partial charge in [-0.15, -0.1) is 0 Å². The van der Waals surface area contributed by atoms with E-state index in [4.69, 9.17) is 4.74 Å². The van der Waals surface area contributed by atoms with Gasteiger partial charge in [0, 0.05) is 5.56 Å². The summed E-state index contributed by atoms with van der Waals surface area (Å²) in [4.78, 5) is 23.7. The van der Waals surface area contributed by atoms with Gasteiger partial charge in [0.05, 0.1) is 0 Å². The lowest BCUT2D eigenvalue weighted by Gasteiger charge is -2.08. The van der Waals surface area contributed by atoms with Gasteiger partial charge in [-0.25, -0.2) is 0 Å². The molecule has 1 amide bonds. The number of benzene rings is 2. The van der Waals surface area contributed by atoms with E-state index in [9.17, 15) is 9.59 Å². The molecule has 0 aliphatic heterocycles. The average Bonchev–Trinajstić information content (AvgIpc) is 2.54. The predicted molar refractivity (Wildman–Crippen MR) is 89.2 cm³/mol. The number of carbonyl (C=O) groups excluding carboxylic acids is 2. The molecule has 0 saturated carbocycles. The highest BCUT2D eigenvalue weighted by Crippen LogP contribution is 2.09. The van der Waals surface area contributed by atoms with Crippen LogP contribution in [0, 0.1) is 20.8 Å². The fraction of sp³-hybridized carbons (Fsp3) is 0.263. The first kappa shape index (κ1) is 16.7. The molecule has 23 heavy (non-hydrogen) atoms. The van der Waals surface area contributed by atoms with Crippen molar-refractivity contribution in [1.82, 2.24) is 5.32 Å². The average molecular weight is 311 g/mol. The number of ether oxygens (including phenoxy) is 1. The highest BCUT2D eigenvalue weighted by Gasteiger charge is 2.09. The quantitative estimate of drug-likeness (QED) is 0.863. The van der Waals surface area contributed by atoms with E-state index in [-0.39, 0.29) is 19.1 Å². The number of hydrogen-bond acceptors (Lipinski definition) is 3. The van der Waals surface area contributed by atoms with Crippen LogP contribution in [0.4, 0.5) is 0 Å². The molecule has 2 rings (SSSR count). The van der Waals surface area contributed by atoms with Crippen molar-refractivity contribution in [2.75, 3.05) is 6.54 Å². The minimum Gasteiger partial charge on any atom is -0.460 e. The van der Waals surface area contributed by atoms with E-state index in [0.717, 1.165) is 22.3 Å². The van der Waals surface area contributed by atoms with Crippen LogP contribution in [-0.2, 0) is 16.1 Å². The molecule has 0 fully saturated rings. The minimum atomic E-state index is -0.456. The van der Waals surface area contributed by atoms with Crippen LogP contribution in [-0.4, -0.2) is 18.4 Å². The number of amides is 1. The van der Waals surface area contributed by atoms with Gasteiger partial charge >= 0.3 is 5.97 Å². The third-order valence-corrected chi connectivity index (χ3v) is 3.68. The molecule has 1 N–H and O–H groups in total. The monoisotopic (exact) mass is 311 g/mol. The van der Waals surface area contributed by atoms with Gasteiger partial charge < -0.3 is 10.1 Å². The number of esters is 1. The van der Waals surface area contributed by atoms with E-state index in [2.05, 4.69) is 5.32 Å². The zero-order valence-electron chi connectivity index (χ0n) is 13.7. The number of rotatable bonds is 5. The molecule has 0 aliphatic carbocycles. The number of hydrogen-bond donors (Lipinski definition) is 1. The lowest BCUT2D eigenvalue weighted by molar-refractivity contribution is -0.143. The van der Waals surface area contributed by atoms with Crippen LogP contribution < -0.4 is 5.32 Å². The molecule has 0 spiro atoms. The summed E-state index contributed by atoms with van der Waals surface area (Å²) < 4.78 is 5.14. The molecule has 0 unspecified atom stereocenters. The van der Waals surface area contributed by atoms with Crippen LogP contribution in [0.5, 0.6) is 0 Å². The molecule has 0 aliphatic rings. The van der Waals surface area contributed by atoms with Gasteiger partial charge in [-0.1, -0.05) is 35.9 Å². The van der Waals surface area contributed by atoms with Crippen molar-refractivity contribution in [2.45, 2.75) is 27.4 Å². The molecule has 120 valence electrons. The Bertz CT molecular complexity index is 705. The van der Waals surface area contributed by atoms with Crippen LogP contribution in [0.15, 0.2) is 42.5 Å². The Balaban J connectivity index is 1.80. The van der Waals surface area contributed by atoms with Gasteiger partial charge in [0.25, 0.3) is 5.91 Å². The SMILES string of the molecule is Cc1ccc(COC(=O)CNC(=O)c2ccc(C)c(C)c2)cc1. The fourth-order valence-corrected chi connectivity index (χ4v) is 2.04. The fourth-order valence-electron chi connectivity index (χ4n) is 2.04. The molecule has 0 aromatic heterocycles. The molecular weight excluding hydrogens is 290 g/mol. The zero-order chi connectivity index (χ0) is 16.8. The summed E-state index contributed by atoms with van der Waals surface area (Å²) in [6.45, 7) is 6.00. The van der Waals surface area contributed by atoms with E-state index in [1.807, 2.05) is 57.2 Å². The molecule has 0 bridgehead atoms. The van der Waals surface area contributed by atoms with Crippen LogP contribution in [0.3, 0.4) is 0 Å². The third kappa shape index (κ3) is 4.95. The van der Waals surface area contributed by atoms with Crippen molar-refractivity contribution >= 4 is 11.9 Å². The van der Waals surface area contributed by atoms with Crippen LogP contribution in [0.2, 0.25) is 0 Å². The maximum Gasteiger partial charge on any atom is 0.325 e. The van der Waals surface area contributed by atoms with Gasteiger partial charge in [0.2, 0.25) is 0 Å². The maximum absolute atomic E-state index is 12.0. The Labute approximate surface area is 136 Å². The van der Waals surface area contributed by atoms with Crippen molar-refractivity contribution in [2.24, 2.45) is 0 Å². The Kier molecular flexibility index (Phi) is 5.52. The summed E-state index contributed by atoms with van der Waals surface area (Å²) in [5.74, 6) is -0.733. The molecule has 0 radical (unpaired) electrons. The Morgan fingerprint density at radius 2 is 1.65 bits per heavy atom. The highest BCUT2D eigenvalue weighted by atomic mass is 16.5. The lowest BCUT2D eigenvalue weighted by Crippen LogP contribution is -2.30. The topological polar surface area (TPSA) is 55.4 Å². The first-order chi connectivity index (χ1) is 11.0. The molecule has 4 nitrogen and oxygen atoms in total. The third-order valence-electron chi connectivity index (χ3n) is 3.68. The lowest BCUT2D eigenvalue weighted by atomic mass is 10.1. The minimum absolute atomic E-state index is 0.141. The summed E-state index contributed by atoms with van der Waals surface area (Å²) in [5, 5.41) is 2.58. The van der Waals surface area contributed by atoms with Gasteiger partial charge in [0.15, 0.2) is 0 Å². The van der Waals surface area contributed by atoms with Crippen LogP contribution in [0.1, 0.15) is 32.6 Å². The molecule has 2 aromatic carbocycles. The number of aryl methyl sites for hydroxylation is 3. The first-order valence-electron chi connectivity index (χ1n) is 7.52. The Morgan fingerprint density at radius 1 is 0.957 bits per heavy atom. The Hall–Kier alpha value is -2.62. The standard InChI is InChI=1S/C19H21NO3/c1-13-4-7-16(8-5-13)12-23-18(21)11-20-19(22)17-9-6-14(2)15(3)10-17/h4-10H,11-12H2,1-3H3,(H,20,22). The van der Waals surface area contributed by atoms with Crippen molar-refractivity contribution in [3.63, 3.8) is 0 Å². The van der Waals surface area contributed by atoms with Gasteiger partial charge in [-0.2, -0.15) is 0 Å². The summed E-state index contributed by atoms with van der Waals surface area (Å²) in [5.41, 5.74) is 4.78. The van der Waals surface area contributed by atoms with E-state index in [1.54, 1.807) is 6.07 Å². The second-order valence-electron chi connectivity index (χ2n) is 5.63. The zero-order valence-corrected chi connectivity index (χ0v) is 13.7. The molecular formula is C19H21NO3. The van der Waals surface area contributed by atoms with E-state index >= 15 is 0 Å². The summed E-state index contributed by atoms with van der Waals surface area (Å²) in [6, 6.07) is 13.2. The van der Waals surface area contributed by atoms with Crippen molar-refractivity contribution in [1.29, 1.82) is 0 Å². The smallest absolute Gasteiger partial charge is 0.325 e. The van der Waals surface area contributed by atoms with Gasteiger partial charge in [-0.05, 0) is 49.6 Å². The van der Waals surface area contributed by atoms with E-state index in [0.29, 0.717) is 5.56 Å². The summed E-state index contributed by atoms with van der Waals surface area (Å²) in [6.07, 6.45) is 0. The number of nitrogens with one attached hydrogen (secondary N) is 1. The highest BCUT2D eigenvalue weighted by molar-refractivity contribution is 5.96. The second kappa shape index (κ2) is 7.58. The molecule has 2 aromatic rings. The normalized spacial score (nSPS) is 10.2. The van der Waals surface area contributed by atoms with Crippen molar-refractivity contribution < 1.29 is 14.3 Å². The molecule has 0 saturated heterocycles. The van der Waals surface area contributed by atoms with E-state index in [1.165, 1.54) is 0 Å². The summed E-state index contributed by atoms with van der Waals surface area (Å²) >= 11 is 0.